The molecule has 2 aromatic rings. The Kier molecular flexibility index (Phi) is 15.7. The van der Waals surface area contributed by atoms with Gasteiger partial charge in [-0.15, -0.1) is 0 Å². The van der Waals surface area contributed by atoms with E-state index in [2.05, 4.69) is 10.6 Å². The Hall–Kier alpha value is -5.07. The number of carbonyl (C=O) groups excluding carboxylic acids is 6. The highest BCUT2D eigenvalue weighted by Gasteiger charge is 2.31. The quantitative estimate of drug-likeness (QED) is 0.151. The van der Waals surface area contributed by atoms with Gasteiger partial charge >= 0.3 is 5.97 Å². The summed E-state index contributed by atoms with van der Waals surface area (Å²) in [6, 6.07) is 8.62. The van der Waals surface area contributed by atoms with E-state index in [-0.39, 0.29) is 29.3 Å². The summed E-state index contributed by atoms with van der Waals surface area (Å²) in [6.45, 7) is 8.06. The number of benzene rings is 2. The zero-order valence-corrected chi connectivity index (χ0v) is 26.5. The lowest BCUT2D eigenvalue weighted by Crippen LogP contribution is -2.52. The summed E-state index contributed by atoms with van der Waals surface area (Å²) in [5.41, 5.74) is 0.843. The van der Waals surface area contributed by atoms with E-state index in [1.807, 2.05) is 13.8 Å². The molecule has 0 aliphatic rings. The molecule has 13 heteroatoms. The summed E-state index contributed by atoms with van der Waals surface area (Å²) < 4.78 is 10.3. The molecule has 0 radical (unpaired) electrons. The minimum absolute atomic E-state index is 0.104. The molecule has 244 valence electrons. The molecule has 0 saturated carbocycles. The normalized spacial score (nSPS) is 12.2. The minimum Gasteiger partial charge on any atom is -0.496 e. The fourth-order valence-electron chi connectivity index (χ4n) is 3.90. The van der Waals surface area contributed by atoms with Crippen molar-refractivity contribution in [3.05, 3.63) is 53.6 Å². The number of hydrogen-bond acceptors (Lipinski definition) is 9. The van der Waals surface area contributed by atoms with Crippen LogP contribution in [0.15, 0.2) is 42.5 Å². The Morgan fingerprint density at radius 3 is 1.96 bits per heavy atom. The average molecular weight is 628 g/mol. The van der Waals surface area contributed by atoms with Crippen molar-refractivity contribution < 1.29 is 48.1 Å². The SMILES string of the molecule is CCC(C)C(C)=O.COc1cccc(OC)c1C(=O)C(=O)NC(C)C(=O)N(CC(=O)NC(C=O)CC(=O)O)c1ccccc1C. The summed E-state index contributed by atoms with van der Waals surface area (Å²) in [7, 11) is 2.65. The Bertz CT molecular complexity index is 1370. The second kappa shape index (κ2) is 18.6. The van der Waals surface area contributed by atoms with Crippen molar-refractivity contribution in [2.75, 3.05) is 25.7 Å². The first-order valence-electron chi connectivity index (χ1n) is 14.1. The van der Waals surface area contributed by atoms with Crippen LogP contribution >= 0.6 is 0 Å². The summed E-state index contributed by atoms with van der Waals surface area (Å²) in [5.74, 6) is -4.16. The highest BCUT2D eigenvalue weighted by Crippen LogP contribution is 2.28. The number of nitrogens with zero attached hydrogens (tertiary/aromatic N) is 1. The number of carboxylic acid groups (broad SMARTS) is 1. The van der Waals surface area contributed by atoms with Gasteiger partial charge in [-0.3, -0.25) is 28.8 Å². The van der Waals surface area contributed by atoms with Gasteiger partial charge in [-0.1, -0.05) is 38.1 Å². The number of ether oxygens (including phenoxy) is 2. The van der Waals surface area contributed by atoms with E-state index < -0.39 is 54.5 Å². The number of carbonyl (C=O) groups is 7. The van der Waals surface area contributed by atoms with Gasteiger partial charge in [-0.25, -0.2) is 0 Å². The van der Waals surface area contributed by atoms with Crippen LogP contribution in [0, 0.1) is 12.8 Å². The first-order chi connectivity index (χ1) is 21.2. The first-order valence-corrected chi connectivity index (χ1v) is 14.1. The Morgan fingerprint density at radius 1 is 0.933 bits per heavy atom. The van der Waals surface area contributed by atoms with Crippen LogP contribution < -0.4 is 25.0 Å². The van der Waals surface area contributed by atoms with Gasteiger partial charge in [0.1, 0.15) is 41.7 Å². The first kappa shape index (κ1) is 38.0. The van der Waals surface area contributed by atoms with Gasteiger partial charge in [0.25, 0.3) is 11.7 Å². The molecule has 0 saturated heterocycles. The summed E-state index contributed by atoms with van der Waals surface area (Å²) in [4.78, 5) is 85.3. The molecule has 3 N–H and O–H groups in total. The van der Waals surface area contributed by atoms with Gasteiger partial charge in [0.2, 0.25) is 11.8 Å². The molecule has 0 fully saturated rings. The number of rotatable bonds is 15. The van der Waals surface area contributed by atoms with Gasteiger partial charge < -0.3 is 34.9 Å². The largest absolute Gasteiger partial charge is 0.496 e. The maximum absolute atomic E-state index is 13.4. The van der Waals surface area contributed by atoms with Gasteiger partial charge in [0.05, 0.1) is 26.7 Å². The van der Waals surface area contributed by atoms with E-state index in [0.29, 0.717) is 17.0 Å². The van der Waals surface area contributed by atoms with E-state index in [1.165, 1.54) is 33.3 Å². The fourth-order valence-corrected chi connectivity index (χ4v) is 3.90. The Balaban J connectivity index is 0.00000129. The second-order valence-corrected chi connectivity index (χ2v) is 10.1. The number of aldehydes is 1. The highest BCUT2D eigenvalue weighted by molar-refractivity contribution is 6.44. The molecule has 2 aromatic carbocycles. The van der Waals surface area contributed by atoms with E-state index in [9.17, 15) is 33.6 Å². The number of anilines is 1. The van der Waals surface area contributed by atoms with Crippen molar-refractivity contribution in [1.29, 1.82) is 0 Å². The number of para-hydroxylation sites is 1. The number of hydrogen-bond donors (Lipinski definition) is 3. The molecule has 45 heavy (non-hydrogen) atoms. The van der Waals surface area contributed by atoms with E-state index in [0.717, 1.165) is 11.3 Å². The lowest BCUT2D eigenvalue weighted by molar-refractivity contribution is -0.139. The molecule has 0 bridgehead atoms. The number of methoxy groups -OCH3 is 2. The number of carboxylic acids is 1. The topological polar surface area (TPSA) is 185 Å². The van der Waals surface area contributed by atoms with Crippen LogP contribution in [-0.4, -0.2) is 79.5 Å². The van der Waals surface area contributed by atoms with Crippen LogP contribution in [0.2, 0.25) is 0 Å². The summed E-state index contributed by atoms with van der Waals surface area (Å²) in [5, 5.41) is 13.5. The van der Waals surface area contributed by atoms with Crippen LogP contribution in [0.25, 0.3) is 0 Å². The highest BCUT2D eigenvalue weighted by atomic mass is 16.5. The summed E-state index contributed by atoms with van der Waals surface area (Å²) >= 11 is 0. The molecule has 0 aromatic heterocycles. The molecular formula is C32H41N3O10. The standard InChI is InChI=1S/C26H29N3O9.C6H12O/c1-15-8-5-6-9-18(15)29(13-21(31)28-17(14-30)12-22(32)33)26(36)16(2)27-25(35)24(34)23-19(37-3)10-7-11-20(23)38-4;1-4-5(2)6(3)7/h5-11,14,16-17H,12-13H2,1-4H3,(H,27,35)(H,28,31)(H,32,33);5H,4H2,1-3H3. The van der Waals surface area contributed by atoms with Crippen molar-refractivity contribution in [2.45, 2.75) is 59.5 Å². The van der Waals surface area contributed by atoms with Crippen LogP contribution in [0.3, 0.4) is 0 Å². The lowest BCUT2D eigenvalue weighted by atomic mass is 10.1. The molecule has 13 nitrogen and oxygen atoms in total. The number of Topliss-reactive ketones (excluding diaryl/α,β-unsaturated/α-hetero) is 2. The van der Waals surface area contributed by atoms with Gasteiger partial charge in [0, 0.05) is 11.6 Å². The van der Waals surface area contributed by atoms with Gasteiger partial charge in [-0.2, -0.15) is 0 Å². The van der Waals surface area contributed by atoms with Crippen molar-refractivity contribution in [1.82, 2.24) is 10.6 Å². The predicted molar refractivity (Wildman–Crippen MR) is 165 cm³/mol. The fraction of sp³-hybridized carbons (Fsp3) is 0.406. The number of ketones is 2. The van der Waals surface area contributed by atoms with E-state index in [1.54, 1.807) is 44.2 Å². The second-order valence-electron chi connectivity index (χ2n) is 10.1. The molecule has 3 atom stereocenters. The van der Waals surface area contributed by atoms with Crippen LogP contribution in [0.4, 0.5) is 5.69 Å². The van der Waals surface area contributed by atoms with Crippen LogP contribution in [0.1, 0.15) is 56.5 Å². The molecule has 3 amide bonds. The molecule has 0 aliphatic heterocycles. The molecule has 0 spiro atoms. The third kappa shape index (κ3) is 11.5. The minimum atomic E-state index is -1.29. The smallest absolute Gasteiger partial charge is 0.305 e. The average Bonchev–Trinajstić information content (AvgIpc) is 3.01. The Labute approximate surface area is 262 Å². The zero-order valence-electron chi connectivity index (χ0n) is 26.5. The van der Waals surface area contributed by atoms with Crippen LogP contribution in [0.5, 0.6) is 11.5 Å². The third-order valence-electron chi connectivity index (χ3n) is 6.76. The zero-order chi connectivity index (χ0) is 34.3. The van der Waals surface area contributed by atoms with Gasteiger partial charge in [0.15, 0.2) is 0 Å². The molecule has 0 aliphatic carbocycles. The van der Waals surface area contributed by atoms with Crippen molar-refractivity contribution >= 4 is 47.2 Å². The third-order valence-corrected chi connectivity index (χ3v) is 6.76. The predicted octanol–water partition coefficient (Wildman–Crippen LogP) is 2.51. The van der Waals surface area contributed by atoms with Gasteiger partial charge in [-0.05, 0) is 51.0 Å². The number of aliphatic carboxylic acids is 1. The summed E-state index contributed by atoms with van der Waals surface area (Å²) in [6.07, 6.45) is 0.621. The van der Waals surface area contributed by atoms with Crippen molar-refractivity contribution in [3.8, 4) is 11.5 Å². The molecular weight excluding hydrogens is 586 g/mol. The maximum atomic E-state index is 13.4. The van der Waals surface area contributed by atoms with E-state index >= 15 is 0 Å². The maximum Gasteiger partial charge on any atom is 0.305 e. The Morgan fingerprint density at radius 2 is 1.51 bits per heavy atom. The number of aryl methyl sites for hydroxylation is 1. The molecule has 2 rings (SSSR count). The molecule has 3 unspecified atom stereocenters. The van der Waals surface area contributed by atoms with E-state index in [4.69, 9.17) is 14.6 Å². The monoisotopic (exact) mass is 627 g/mol. The van der Waals surface area contributed by atoms with Crippen molar-refractivity contribution in [2.24, 2.45) is 5.92 Å². The number of amides is 3. The number of nitrogens with one attached hydrogen (secondary N) is 2. The molecule has 0 heterocycles. The van der Waals surface area contributed by atoms with Crippen LogP contribution in [-0.2, 0) is 28.8 Å². The lowest BCUT2D eigenvalue weighted by Gasteiger charge is -2.27. The van der Waals surface area contributed by atoms with Crippen molar-refractivity contribution in [3.63, 3.8) is 0 Å².